The minimum atomic E-state index is -0.606. The third-order valence-electron chi connectivity index (χ3n) is 4.87. The van der Waals surface area contributed by atoms with Gasteiger partial charge in [-0.15, -0.1) is 0 Å². The molecule has 0 unspecified atom stereocenters. The van der Waals surface area contributed by atoms with Crippen LogP contribution in [0.2, 0.25) is 0 Å². The molecule has 0 aromatic heterocycles. The first kappa shape index (κ1) is 28.8. The summed E-state index contributed by atoms with van der Waals surface area (Å²) < 4.78 is 10.6. The molecule has 4 rings (SSSR count). The summed E-state index contributed by atoms with van der Waals surface area (Å²) in [6, 6.07) is 5.70. The number of rotatable bonds is 4. The van der Waals surface area contributed by atoms with Gasteiger partial charge in [0.15, 0.2) is 0 Å². The van der Waals surface area contributed by atoms with Crippen LogP contribution in [0.25, 0.3) is 0 Å². The van der Waals surface area contributed by atoms with Crippen molar-refractivity contribution in [1.82, 2.24) is 5.32 Å². The number of amides is 1. The van der Waals surface area contributed by atoms with E-state index in [0.717, 1.165) is 13.2 Å². The van der Waals surface area contributed by atoms with Crippen LogP contribution < -0.4 is 5.32 Å². The van der Waals surface area contributed by atoms with Crippen LogP contribution in [-0.4, -0.2) is 42.0 Å². The Morgan fingerprint density at radius 2 is 1.63 bits per heavy atom. The van der Waals surface area contributed by atoms with Gasteiger partial charge in [0.1, 0.15) is 0 Å². The molecule has 1 amide bonds. The molecule has 2 aliphatic heterocycles. The lowest BCUT2D eigenvalue weighted by Gasteiger charge is -2.08. The third kappa shape index (κ3) is 7.29. The van der Waals surface area contributed by atoms with Gasteiger partial charge in [0.2, 0.25) is 0 Å². The van der Waals surface area contributed by atoms with E-state index in [0.29, 0.717) is 25.6 Å². The molecule has 0 atom stereocenters. The summed E-state index contributed by atoms with van der Waals surface area (Å²) in [5, 5.41) is 24.2. The Labute approximate surface area is 225 Å². The largest absolute Gasteiger partial charge is 0.465 e. The van der Waals surface area contributed by atoms with Crippen molar-refractivity contribution >= 4 is 71.0 Å². The van der Waals surface area contributed by atoms with Crippen molar-refractivity contribution < 1.29 is 28.9 Å². The van der Waals surface area contributed by atoms with Gasteiger partial charge in [-0.2, -0.15) is 0 Å². The number of halogens is 3. The number of hydrogen-bond donors (Lipinski definition) is 1. The topological polar surface area (TPSA) is 151 Å². The summed E-state index contributed by atoms with van der Waals surface area (Å²) in [6.07, 6.45) is 2.56. The number of nitrogens with zero attached hydrogens (tertiary/aromatic N) is 2. The normalized spacial score (nSPS) is 13.4. The Morgan fingerprint density at radius 3 is 2.11 bits per heavy atom. The second-order valence-electron chi connectivity index (χ2n) is 6.98. The number of hydrogen-bond acceptors (Lipinski definition) is 8. The van der Waals surface area contributed by atoms with Gasteiger partial charge in [0.05, 0.1) is 45.8 Å². The molecule has 0 bridgehead atoms. The first-order valence-corrected chi connectivity index (χ1v) is 12.8. The van der Waals surface area contributed by atoms with Crippen molar-refractivity contribution in [2.24, 2.45) is 0 Å². The van der Waals surface area contributed by atoms with E-state index in [1.54, 1.807) is 0 Å². The van der Waals surface area contributed by atoms with E-state index in [-0.39, 0.29) is 34.7 Å². The maximum absolute atomic E-state index is 11.5. The number of benzene rings is 2. The van der Waals surface area contributed by atoms with Gasteiger partial charge in [-0.1, -0.05) is 15.9 Å². The predicted octanol–water partition coefficient (Wildman–Crippen LogP) is 5.44. The van der Waals surface area contributed by atoms with Crippen LogP contribution in [0, 0.1) is 20.2 Å². The summed E-state index contributed by atoms with van der Waals surface area (Å²) in [6.45, 7) is 2.23. The Balaban J connectivity index is 0.000000207. The first-order valence-electron chi connectivity index (χ1n) is 10.1. The Kier molecular flexibility index (Phi) is 11.2. The second-order valence-corrected chi connectivity index (χ2v) is 9.25. The van der Waals surface area contributed by atoms with Crippen LogP contribution in [0.4, 0.5) is 11.4 Å². The number of carbonyl (C=O) groups is 2. The highest BCUT2D eigenvalue weighted by atomic mass is 79.9. The molecule has 0 spiro atoms. The highest BCUT2D eigenvalue weighted by Crippen LogP contribution is 2.32. The first-order chi connectivity index (χ1) is 16.6. The summed E-state index contributed by atoms with van der Waals surface area (Å²) in [5.74, 6) is -0.874. The average Bonchev–Trinajstić information content (AvgIpc) is 3.53. The fourth-order valence-corrected chi connectivity index (χ4v) is 4.86. The van der Waals surface area contributed by atoms with E-state index >= 15 is 0 Å². The molecule has 0 saturated carbocycles. The van der Waals surface area contributed by atoms with Gasteiger partial charge in [-0.25, -0.2) is 4.79 Å². The molecule has 2 heterocycles. The van der Waals surface area contributed by atoms with Gasteiger partial charge in [-0.3, -0.25) is 25.0 Å². The highest BCUT2D eigenvalue weighted by Gasteiger charge is 2.29. The second kappa shape index (κ2) is 13.6. The Bertz CT molecular complexity index is 1130. The number of carbonyl (C=O) groups excluding carboxylic acids is 2. The van der Waals surface area contributed by atoms with Crippen LogP contribution in [0.1, 0.15) is 44.7 Å². The fourth-order valence-electron chi connectivity index (χ4n) is 3.21. The van der Waals surface area contributed by atoms with Crippen molar-refractivity contribution in [2.45, 2.75) is 24.7 Å². The predicted molar refractivity (Wildman–Crippen MR) is 137 cm³/mol. The zero-order chi connectivity index (χ0) is 26.1. The van der Waals surface area contributed by atoms with Crippen LogP contribution in [-0.2, 0) is 21.3 Å². The Hall–Kier alpha value is -2.42. The molecule has 188 valence electrons. The number of nitro benzene ring substituents is 2. The number of nitro groups is 2. The van der Waals surface area contributed by atoms with Gasteiger partial charge in [-0.05, 0) is 56.8 Å². The number of fused-ring (bicyclic) bond motifs is 1. The average molecular weight is 682 g/mol. The van der Waals surface area contributed by atoms with Crippen LogP contribution in [0.3, 0.4) is 0 Å². The summed E-state index contributed by atoms with van der Waals surface area (Å²) >= 11 is 9.48. The zero-order valence-corrected chi connectivity index (χ0v) is 23.1. The molecule has 1 saturated heterocycles. The van der Waals surface area contributed by atoms with Crippen molar-refractivity contribution in [3.63, 3.8) is 0 Å². The van der Waals surface area contributed by atoms with E-state index in [1.807, 2.05) is 0 Å². The SMILES string of the molecule is C1CCOC1.COC(=O)c1c(Br)ccc([N+](=O)[O-])c1CBr.O=C1NCc2c([N+](=O)[O-])ccc(Br)c21. The quantitative estimate of drug-likeness (QED) is 0.194. The number of esters is 1. The molecule has 2 aromatic rings. The molecular weight excluding hydrogens is 662 g/mol. The molecule has 1 N–H and O–H groups in total. The van der Waals surface area contributed by atoms with E-state index < -0.39 is 15.8 Å². The standard InChI is InChI=1S/C9H7Br2NO4.C8H5BrN2O3.C4H8O/c1-16-9(13)8-5(4-10)7(12(14)15)3-2-6(8)11;9-5-1-2-6(11(13)14)4-3-10-8(12)7(4)5;1-2-4-5-3-1/h2-3H,4H2,1H3;1-2H,3H2,(H,10,12);1-4H2. The molecule has 35 heavy (non-hydrogen) atoms. The van der Waals surface area contributed by atoms with Crippen molar-refractivity contribution in [3.8, 4) is 0 Å². The van der Waals surface area contributed by atoms with Crippen molar-refractivity contribution in [3.05, 3.63) is 75.7 Å². The molecule has 0 radical (unpaired) electrons. The molecule has 2 aromatic carbocycles. The summed E-state index contributed by atoms with van der Waals surface area (Å²) in [5.41, 5.74) is 1.18. The number of nitrogens with one attached hydrogen (secondary N) is 1. The van der Waals surface area contributed by atoms with Gasteiger partial charge < -0.3 is 14.8 Å². The zero-order valence-electron chi connectivity index (χ0n) is 18.3. The lowest BCUT2D eigenvalue weighted by Crippen LogP contribution is -2.12. The van der Waals surface area contributed by atoms with E-state index in [1.165, 1.54) is 44.2 Å². The van der Waals surface area contributed by atoms with Gasteiger partial charge in [0, 0.05) is 39.6 Å². The monoisotopic (exact) mass is 679 g/mol. The van der Waals surface area contributed by atoms with Gasteiger partial charge in [0.25, 0.3) is 17.3 Å². The molecule has 11 nitrogen and oxygen atoms in total. The molecule has 14 heteroatoms. The fraction of sp³-hybridized carbons (Fsp3) is 0.333. The van der Waals surface area contributed by atoms with Crippen LogP contribution in [0.15, 0.2) is 33.2 Å². The number of methoxy groups -OCH3 is 1. The minimum absolute atomic E-state index is 0.0125. The van der Waals surface area contributed by atoms with E-state index in [2.05, 4.69) is 57.8 Å². The maximum Gasteiger partial charge on any atom is 0.339 e. The molecular formula is C21H20Br3N3O8. The van der Waals surface area contributed by atoms with E-state index in [4.69, 9.17) is 4.74 Å². The number of ether oxygens (including phenoxy) is 2. The molecule has 1 fully saturated rings. The van der Waals surface area contributed by atoms with Gasteiger partial charge >= 0.3 is 5.97 Å². The van der Waals surface area contributed by atoms with Crippen molar-refractivity contribution in [2.75, 3.05) is 20.3 Å². The Morgan fingerprint density at radius 1 is 1.06 bits per heavy atom. The van der Waals surface area contributed by atoms with Crippen LogP contribution >= 0.6 is 47.8 Å². The minimum Gasteiger partial charge on any atom is -0.465 e. The third-order valence-corrected chi connectivity index (χ3v) is 6.75. The number of alkyl halides is 1. The lowest BCUT2D eigenvalue weighted by molar-refractivity contribution is -0.385. The van der Waals surface area contributed by atoms with Crippen LogP contribution in [0.5, 0.6) is 0 Å². The molecule has 0 aliphatic carbocycles. The summed E-state index contributed by atoms with van der Waals surface area (Å²) in [4.78, 5) is 43.2. The molecule has 2 aliphatic rings. The smallest absolute Gasteiger partial charge is 0.339 e. The summed E-state index contributed by atoms with van der Waals surface area (Å²) in [7, 11) is 1.23. The lowest BCUT2D eigenvalue weighted by atomic mass is 10.1. The highest BCUT2D eigenvalue weighted by molar-refractivity contribution is 9.11. The maximum atomic E-state index is 11.5. The van der Waals surface area contributed by atoms with E-state index in [9.17, 15) is 29.8 Å². The van der Waals surface area contributed by atoms with Crippen molar-refractivity contribution in [1.29, 1.82) is 0 Å².